The molecule has 0 radical (unpaired) electrons. The highest BCUT2D eigenvalue weighted by molar-refractivity contribution is 5.81. The molecule has 0 spiro atoms. The van der Waals surface area contributed by atoms with Crippen molar-refractivity contribution in [3.8, 4) is 11.5 Å². The van der Waals surface area contributed by atoms with Gasteiger partial charge in [-0.05, 0) is 101 Å². The Hall–Kier alpha value is -3.84. The Bertz CT molecular complexity index is 1240. The van der Waals surface area contributed by atoms with Gasteiger partial charge in [0.1, 0.15) is 22.6 Å². The van der Waals surface area contributed by atoms with Gasteiger partial charge in [-0.25, -0.2) is 9.59 Å². The molecule has 3 rings (SSSR count). The van der Waals surface area contributed by atoms with Crippen molar-refractivity contribution in [2.75, 3.05) is 13.2 Å². The van der Waals surface area contributed by atoms with Crippen molar-refractivity contribution in [2.45, 2.75) is 102 Å². The number of carbonyl (C=O) groups excluding carboxylic acids is 4. The summed E-state index contributed by atoms with van der Waals surface area (Å²) < 4.78 is 105. The van der Waals surface area contributed by atoms with Crippen molar-refractivity contribution in [3.63, 3.8) is 0 Å². The zero-order valence-electron chi connectivity index (χ0n) is 27.9. The van der Waals surface area contributed by atoms with Gasteiger partial charge in [-0.15, -0.1) is 0 Å². The molecule has 8 nitrogen and oxygen atoms in total. The zero-order chi connectivity index (χ0) is 36.9. The van der Waals surface area contributed by atoms with E-state index < -0.39 is 70.7 Å². The van der Waals surface area contributed by atoms with Crippen LogP contribution < -0.4 is 9.47 Å². The molecule has 0 saturated heterocycles. The second-order valence-corrected chi connectivity index (χ2v) is 12.8. The summed E-state index contributed by atoms with van der Waals surface area (Å²) in [6, 6.07) is 1.18. The van der Waals surface area contributed by atoms with E-state index in [1.165, 1.54) is 0 Å². The van der Waals surface area contributed by atoms with Crippen LogP contribution in [0.3, 0.4) is 0 Å². The summed E-state index contributed by atoms with van der Waals surface area (Å²) in [5.74, 6) is -6.86. The molecule has 0 aromatic heterocycles. The predicted molar refractivity (Wildman–Crippen MR) is 169 cm³/mol. The molecule has 0 amide bonds. The average Bonchev–Trinajstić information content (AvgIpc) is 3.07. The van der Waals surface area contributed by atoms with E-state index in [1.807, 2.05) is 0 Å². The van der Waals surface area contributed by atoms with Crippen LogP contribution in [0.2, 0.25) is 0 Å². The Morgan fingerprint density at radius 2 is 0.940 bits per heavy atom. The maximum absolute atomic E-state index is 14.3. The van der Waals surface area contributed by atoms with Crippen molar-refractivity contribution < 1.29 is 64.5 Å². The molecule has 278 valence electrons. The quantitative estimate of drug-likeness (QED) is 0.0549. The van der Waals surface area contributed by atoms with Gasteiger partial charge in [0.25, 0.3) is 0 Å². The number of esters is 4. The van der Waals surface area contributed by atoms with Crippen LogP contribution in [0, 0.1) is 23.7 Å². The molecule has 14 heteroatoms. The number of alkyl halides is 6. The second-order valence-electron chi connectivity index (χ2n) is 12.8. The van der Waals surface area contributed by atoms with Crippen LogP contribution in [0.4, 0.5) is 26.3 Å². The van der Waals surface area contributed by atoms with Crippen LogP contribution in [-0.4, -0.2) is 37.1 Å². The van der Waals surface area contributed by atoms with E-state index in [0.29, 0.717) is 76.3 Å². The number of unbranched alkanes of at least 4 members (excludes halogenated alkanes) is 2. The highest BCUT2D eigenvalue weighted by Gasteiger charge is 2.49. The normalized spacial score (nSPS) is 21.1. The minimum atomic E-state index is -5.59. The lowest BCUT2D eigenvalue weighted by Crippen LogP contribution is -2.29. The molecule has 0 atom stereocenters. The molecule has 1 aromatic carbocycles. The molecule has 0 bridgehead atoms. The molecule has 0 unspecified atom stereocenters. The smallest absolute Gasteiger partial charge is 0.420 e. The van der Waals surface area contributed by atoms with Crippen LogP contribution >= 0.6 is 0 Å². The number of hydrogen-bond acceptors (Lipinski definition) is 8. The summed E-state index contributed by atoms with van der Waals surface area (Å²) in [7, 11) is 0. The molecule has 2 saturated carbocycles. The van der Waals surface area contributed by atoms with E-state index in [2.05, 4.69) is 13.2 Å². The van der Waals surface area contributed by atoms with Crippen molar-refractivity contribution in [1.29, 1.82) is 0 Å². The van der Waals surface area contributed by atoms with Crippen LogP contribution in [0.1, 0.15) is 101 Å². The van der Waals surface area contributed by atoms with Gasteiger partial charge in [-0.3, -0.25) is 9.59 Å². The van der Waals surface area contributed by atoms with E-state index in [-0.39, 0.29) is 25.0 Å². The Labute approximate surface area is 287 Å². The fraction of sp³-hybridized carbons (Fsp3) is 0.611. The van der Waals surface area contributed by atoms with Gasteiger partial charge >= 0.3 is 36.2 Å². The van der Waals surface area contributed by atoms with E-state index in [9.17, 15) is 45.5 Å². The molecule has 0 aliphatic heterocycles. The fourth-order valence-corrected chi connectivity index (χ4v) is 6.59. The van der Waals surface area contributed by atoms with E-state index in [1.54, 1.807) is 0 Å². The first-order valence-electron chi connectivity index (χ1n) is 17.0. The topological polar surface area (TPSA) is 105 Å². The predicted octanol–water partition coefficient (Wildman–Crippen LogP) is 8.95. The molecule has 2 fully saturated rings. The van der Waals surface area contributed by atoms with E-state index in [0.717, 1.165) is 37.8 Å². The molecular weight excluding hydrogens is 674 g/mol. The monoisotopic (exact) mass is 718 g/mol. The van der Waals surface area contributed by atoms with Gasteiger partial charge in [-0.2, -0.15) is 26.3 Å². The summed E-state index contributed by atoms with van der Waals surface area (Å²) in [6.07, 6.45) is -1.18. The molecular formula is C36H44F6O8. The summed E-state index contributed by atoms with van der Waals surface area (Å²) in [6.45, 7) is 7.11. The molecule has 2 aliphatic carbocycles. The Balaban J connectivity index is 1.60. The summed E-state index contributed by atoms with van der Waals surface area (Å²) in [5, 5.41) is 0. The number of halogens is 6. The van der Waals surface area contributed by atoms with Crippen LogP contribution in [-0.2, 0) is 41.0 Å². The molecule has 1 aromatic rings. The lowest BCUT2D eigenvalue weighted by molar-refractivity contribution is -0.166. The number of rotatable bonds is 16. The standard InChI is InChI=1S/C36H44F6O8/c1-3-29(43)47-21-7-5-9-23-11-15-25(16-12-23)33(45)49-27-19-20-28(32(36(40,41)42)31(27)35(37,38)39)50-34(46)26-17-13-24(14-18-26)10-6-8-22-48-30(44)4-2/h3-4,19-20,23-26H,1-2,5-18,21-22H2. The summed E-state index contributed by atoms with van der Waals surface area (Å²) in [5.41, 5.74) is -4.45. The van der Waals surface area contributed by atoms with Gasteiger partial charge in [0.15, 0.2) is 0 Å². The molecule has 0 heterocycles. The lowest BCUT2D eigenvalue weighted by Gasteiger charge is -2.28. The van der Waals surface area contributed by atoms with Gasteiger partial charge in [-0.1, -0.05) is 26.0 Å². The zero-order valence-corrected chi connectivity index (χ0v) is 27.9. The van der Waals surface area contributed by atoms with Gasteiger partial charge in [0.2, 0.25) is 0 Å². The molecule has 0 N–H and O–H groups in total. The highest BCUT2D eigenvalue weighted by atomic mass is 19.4. The molecule has 2 aliphatic rings. The SMILES string of the molecule is C=CC(=O)OCCCCC1CCC(C(=O)Oc2ccc(OC(=O)C3CCC(CCCCOC(=O)C=C)CC3)c(C(F)(F)F)c2C(F)(F)F)CC1. The first kappa shape index (κ1) is 40.6. The first-order valence-corrected chi connectivity index (χ1v) is 17.0. The van der Waals surface area contributed by atoms with Crippen molar-refractivity contribution in [1.82, 2.24) is 0 Å². The Morgan fingerprint density at radius 3 is 1.24 bits per heavy atom. The minimum absolute atomic E-state index is 0.237. The Kier molecular flexibility index (Phi) is 15.4. The number of benzene rings is 1. The summed E-state index contributed by atoms with van der Waals surface area (Å²) >= 11 is 0. The van der Waals surface area contributed by atoms with Crippen molar-refractivity contribution in [3.05, 3.63) is 48.6 Å². The molecule has 50 heavy (non-hydrogen) atoms. The van der Waals surface area contributed by atoms with Gasteiger partial charge in [0, 0.05) is 12.2 Å². The van der Waals surface area contributed by atoms with Crippen molar-refractivity contribution in [2.24, 2.45) is 23.7 Å². The van der Waals surface area contributed by atoms with Crippen LogP contribution in [0.5, 0.6) is 11.5 Å². The third-order valence-corrected chi connectivity index (χ3v) is 9.31. The number of hydrogen-bond donors (Lipinski definition) is 0. The lowest BCUT2D eigenvalue weighted by atomic mass is 9.80. The number of ether oxygens (including phenoxy) is 4. The first-order chi connectivity index (χ1) is 23.6. The minimum Gasteiger partial charge on any atom is -0.463 e. The van der Waals surface area contributed by atoms with Crippen molar-refractivity contribution >= 4 is 23.9 Å². The second kappa shape index (κ2) is 19.0. The van der Waals surface area contributed by atoms with E-state index in [4.69, 9.17) is 18.9 Å². The van der Waals surface area contributed by atoms with Gasteiger partial charge < -0.3 is 18.9 Å². The maximum Gasteiger partial charge on any atom is 0.420 e. The van der Waals surface area contributed by atoms with Crippen LogP contribution in [0.15, 0.2) is 37.4 Å². The third-order valence-electron chi connectivity index (χ3n) is 9.31. The summed E-state index contributed by atoms with van der Waals surface area (Å²) in [4.78, 5) is 48.0. The van der Waals surface area contributed by atoms with Crippen LogP contribution in [0.25, 0.3) is 0 Å². The fourth-order valence-electron chi connectivity index (χ4n) is 6.59. The Morgan fingerprint density at radius 1 is 0.600 bits per heavy atom. The average molecular weight is 719 g/mol. The third kappa shape index (κ3) is 12.5. The largest absolute Gasteiger partial charge is 0.463 e. The van der Waals surface area contributed by atoms with Gasteiger partial charge in [0.05, 0.1) is 25.0 Å². The van der Waals surface area contributed by atoms with E-state index >= 15 is 0 Å². The number of carbonyl (C=O) groups is 4. The highest BCUT2D eigenvalue weighted by Crippen LogP contribution is 2.50. The maximum atomic E-state index is 14.3.